The Kier molecular flexibility index (Phi) is 5.30. The van der Waals surface area contributed by atoms with E-state index in [-0.39, 0.29) is 0 Å². The first kappa shape index (κ1) is 13.0. The van der Waals surface area contributed by atoms with E-state index in [2.05, 4.69) is 6.58 Å². The van der Waals surface area contributed by atoms with Crippen LogP contribution in [0.2, 0.25) is 5.02 Å². The highest BCUT2D eigenvalue weighted by Crippen LogP contribution is 2.19. The summed E-state index contributed by atoms with van der Waals surface area (Å²) >= 11 is 5.77. The van der Waals surface area contributed by atoms with E-state index in [9.17, 15) is 5.11 Å². The van der Waals surface area contributed by atoms with E-state index in [1.807, 2.05) is 31.2 Å². The van der Waals surface area contributed by atoms with Crippen LogP contribution in [0, 0.1) is 0 Å². The molecular formula is C14H17ClO. The third-order valence-corrected chi connectivity index (χ3v) is 2.50. The van der Waals surface area contributed by atoms with Crippen molar-refractivity contribution in [3.8, 4) is 0 Å². The SMILES string of the molecule is C=C(C)C/C=C/C[C@H](O)c1ccc(Cl)cc1. The fourth-order valence-corrected chi connectivity index (χ4v) is 1.46. The van der Waals surface area contributed by atoms with Gasteiger partial charge in [-0.15, -0.1) is 0 Å². The molecule has 1 nitrogen and oxygen atoms in total. The summed E-state index contributed by atoms with van der Waals surface area (Å²) in [5, 5.41) is 10.5. The first-order valence-corrected chi connectivity index (χ1v) is 5.70. The smallest absolute Gasteiger partial charge is 0.0824 e. The van der Waals surface area contributed by atoms with Crippen molar-refractivity contribution in [3.63, 3.8) is 0 Å². The second-order valence-corrected chi connectivity index (χ2v) is 4.37. The molecule has 0 aromatic heterocycles. The fraction of sp³-hybridized carbons (Fsp3) is 0.286. The number of benzene rings is 1. The Morgan fingerprint density at radius 1 is 1.38 bits per heavy atom. The predicted octanol–water partition coefficient (Wildman–Crippen LogP) is 4.29. The van der Waals surface area contributed by atoms with E-state index in [0.717, 1.165) is 17.6 Å². The highest BCUT2D eigenvalue weighted by atomic mass is 35.5. The summed E-state index contributed by atoms with van der Waals surface area (Å²) in [5.74, 6) is 0. The number of rotatable bonds is 5. The Balaban J connectivity index is 2.46. The van der Waals surface area contributed by atoms with Crippen LogP contribution < -0.4 is 0 Å². The van der Waals surface area contributed by atoms with Crippen LogP contribution in [0.3, 0.4) is 0 Å². The van der Waals surface area contributed by atoms with Gasteiger partial charge in [0.25, 0.3) is 0 Å². The van der Waals surface area contributed by atoms with Crippen molar-refractivity contribution in [2.45, 2.75) is 25.9 Å². The number of halogens is 1. The van der Waals surface area contributed by atoms with Crippen LogP contribution in [0.4, 0.5) is 0 Å². The van der Waals surface area contributed by atoms with E-state index >= 15 is 0 Å². The molecule has 0 heterocycles. The zero-order valence-electron chi connectivity index (χ0n) is 9.49. The predicted molar refractivity (Wildman–Crippen MR) is 69.6 cm³/mol. The maximum absolute atomic E-state index is 9.86. The lowest BCUT2D eigenvalue weighted by Crippen LogP contribution is -1.94. The van der Waals surface area contributed by atoms with Gasteiger partial charge in [0.15, 0.2) is 0 Å². The van der Waals surface area contributed by atoms with Crippen LogP contribution in [0.15, 0.2) is 48.6 Å². The Morgan fingerprint density at radius 3 is 2.56 bits per heavy atom. The van der Waals surface area contributed by atoms with Crippen molar-refractivity contribution < 1.29 is 5.11 Å². The average molecular weight is 237 g/mol. The second-order valence-electron chi connectivity index (χ2n) is 3.94. The van der Waals surface area contributed by atoms with E-state index < -0.39 is 6.10 Å². The van der Waals surface area contributed by atoms with Gasteiger partial charge >= 0.3 is 0 Å². The molecule has 0 unspecified atom stereocenters. The summed E-state index contributed by atoms with van der Waals surface area (Å²) in [6.07, 6.45) is 5.04. The molecule has 86 valence electrons. The van der Waals surface area contributed by atoms with Crippen LogP contribution in [-0.2, 0) is 0 Å². The summed E-state index contributed by atoms with van der Waals surface area (Å²) in [7, 11) is 0. The molecule has 1 rings (SSSR count). The third kappa shape index (κ3) is 4.65. The van der Waals surface area contributed by atoms with Crippen molar-refractivity contribution in [1.29, 1.82) is 0 Å². The molecule has 1 N–H and O–H groups in total. The normalized spacial score (nSPS) is 12.9. The summed E-state index contributed by atoms with van der Waals surface area (Å²) < 4.78 is 0. The number of hydrogen-bond acceptors (Lipinski definition) is 1. The highest BCUT2D eigenvalue weighted by molar-refractivity contribution is 6.30. The maximum atomic E-state index is 9.86. The highest BCUT2D eigenvalue weighted by Gasteiger charge is 2.04. The molecule has 0 bridgehead atoms. The minimum atomic E-state index is -0.460. The molecule has 1 aromatic rings. The molecule has 0 fully saturated rings. The molecule has 0 aliphatic rings. The van der Waals surface area contributed by atoms with Gasteiger partial charge in [0.2, 0.25) is 0 Å². The van der Waals surface area contributed by atoms with Gasteiger partial charge < -0.3 is 5.11 Å². The van der Waals surface area contributed by atoms with E-state index in [1.165, 1.54) is 0 Å². The molecule has 0 radical (unpaired) electrons. The van der Waals surface area contributed by atoms with Crippen LogP contribution in [0.1, 0.15) is 31.4 Å². The van der Waals surface area contributed by atoms with Gasteiger partial charge in [-0.2, -0.15) is 0 Å². The van der Waals surface area contributed by atoms with Crippen LogP contribution >= 0.6 is 11.6 Å². The Bertz CT molecular complexity index is 365. The molecule has 1 atom stereocenters. The monoisotopic (exact) mass is 236 g/mol. The Hall–Kier alpha value is -1.05. The number of allylic oxidation sites excluding steroid dienone is 2. The standard InChI is InChI=1S/C14H17ClO/c1-11(2)5-3-4-6-14(16)12-7-9-13(15)10-8-12/h3-4,7-10,14,16H,1,5-6H2,2H3/b4-3+/t14-/m0/s1. The quantitative estimate of drug-likeness (QED) is 0.757. The number of hydrogen-bond donors (Lipinski definition) is 1. The number of aliphatic hydroxyl groups excluding tert-OH is 1. The largest absolute Gasteiger partial charge is 0.388 e. The molecule has 1 aromatic carbocycles. The lowest BCUT2D eigenvalue weighted by molar-refractivity contribution is 0.181. The van der Waals surface area contributed by atoms with Crippen molar-refractivity contribution >= 4 is 11.6 Å². The van der Waals surface area contributed by atoms with Gasteiger partial charge in [0.1, 0.15) is 0 Å². The van der Waals surface area contributed by atoms with Crippen molar-refractivity contribution in [1.82, 2.24) is 0 Å². The van der Waals surface area contributed by atoms with Crippen LogP contribution in [0.25, 0.3) is 0 Å². The van der Waals surface area contributed by atoms with Crippen LogP contribution in [0.5, 0.6) is 0 Å². The molecule has 0 saturated heterocycles. The molecule has 0 aliphatic carbocycles. The molecule has 2 heteroatoms. The molecule has 0 spiro atoms. The topological polar surface area (TPSA) is 20.2 Å². The minimum Gasteiger partial charge on any atom is -0.388 e. The second kappa shape index (κ2) is 6.51. The maximum Gasteiger partial charge on any atom is 0.0824 e. The van der Waals surface area contributed by atoms with E-state index in [4.69, 9.17) is 11.6 Å². The van der Waals surface area contributed by atoms with Crippen molar-refractivity contribution in [2.24, 2.45) is 0 Å². The van der Waals surface area contributed by atoms with Gasteiger partial charge in [-0.05, 0) is 37.5 Å². The van der Waals surface area contributed by atoms with Gasteiger partial charge in [-0.1, -0.05) is 48.0 Å². The third-order valence-electron chi connectivity index (χ3n) is 2.25. The van der Waals surface area contributed by atoms with Crippen molar-refractivity contribution in [3.05, 3.63) is 59.2 Å². The van der Waals surface area contributed by atoms with E-state index in [1.54, 1.807) is 12.1 Å². The molecular weight excluding hydrogens is 220 g/mol. The Morgan fingerprint density at radius 2 is 2.00 bits per heavy atom. The summed E-state index contributed by atoms with van der Waals surface area (Å²) in [6.45, 7) is 5.80. The fourth-order valence-electron chi connectivity index (χ4n) is 1.33. The molecule has 0 aliphatic heterocycles. The van der Waals surface area contributed by atoms with Gasteiger partial charge in [0, 0.05) is 5.02 Å². The lowest BCUT2D eigenvalue weighted by Gasteiger charge is -2.07. The molecule has 0 saturated carbocycles. The molecule has 0 amide bonds. The average Bonchev–Trinajstić information content (AvgIpc) is 2.25. The summed E-state index contributed by atoms with van der Waals surface area (Å²) in [4.78, 5) is 0. The van der Waals surface area contributed by atoms with Crippen LogP contribution in [-0.4, -0.2) is 5.11 Å². The number of aliphatic hydroxyl groups is 1. The summed E-state index contributed by atoms with van der Waals surface area (Å²) in [5.41, 5.74) is 2.02. The van der Waals surface area contributed by atoms with Gasteiger partial charge in [0.05, 0.1) is 6.10 Å². The zero-order valence-corrected chi connectivity index (χ0v) is 10.2. The first-order chi connectivity index (χ1) is 7.59. The van der Waals surface area contributed by atoms with Gasteiger partial charge in [-0.3, -0.25) is 0 Å². The van der Waals surface area contributed by atoms with Gasteiger partial charge in [-0.25, -0.2) is 0 Å². The summed E-state index contributed by atoms with van der Waals surface area (Å²) in [6, 6.07) is 7.27. The Labute approximate surface area is 102 Å². The lowest BCUT2D eigenvalue weighted by atomic mass is 10.1. The molecule has 16 heavy (non-hydrogen) atoms. The first-order valence-electron chi connectivity index (χ1n) is 5.32. The zero-order chi connectivity index (χ0) is 12.0. The minimum absolute atomic E-state index is 0.460. The van der Waals surface area contributed by atoms with E-state index in [0.29, 0.717) is 11.4 Å². The van der Waals surface area contributed by atoms with Crippen molar-refractivity contribution in [2.75, 3.05) is 0 Å².